The minimum Gasteiger partial charge on any atom is -0.508 e. The Morgan fingerprint density at radius 2 is 1.46 bits per heavy atom. The van der Waals surface area contributed by atoms with Crippen molar-refractivity contribution in [1.29, 1.82) is 0 Å². The molecule has 0 amide bonds. The second-order valence-electron chi connectivity index (χ2n) is 8.12. The van der Waals surface area contributed by atoms with Crippen LogP contribution in [-0.4, -0.2) is 47.1 Å². The molecule has 0 radical (unpaired) electrons. The van der Waals surface area contributed by atoms with Crippen LogP contribution in [0.25, 0.3) is 0 Å². The fraction of sp³-hybridized carbons (Fsp3) is 0.500. The monoisotopic (exact) mass is 444 g/mol. The van der Waals surface area contributed by atoms with Crippen LogP contribution in [0.5, 0.6) is 5.75 Å². The molecule has 28 heavy (non-hydrogen) atoms. The van der Waals surface area contributed by atoms with Crippen molar-refractivity contribution >= 4 is 17.0 Å². The summed E-state index contributed by atoms with van der Waals surface area (Å²) < 4.78 is 0. The van der Waals surface area contributed by atoms with Crippen LogP contribution < -0.4 is 0 Å². The zero-order valence-electron chi connectivity index (χ0n) is 16.7. The van der Waals surface area contributed by atoms with Gasteiger partial charge in [-0.15, -0.1) is 17.0 Å². The summed E-state index contributed by atoms with van der Waals surface area (Å²) in [5, 5.41) is 10.3. The summed E-state index contributed by atoms with van der Waals surface area (Å²) >= 11 is 0. The molecule has 2 aliphatic rings. The van der Waals surface area contributed by atoms with E-state index in [1.807, 2.05) is 12.1 Å². The zero-order valence-corrected chi connectivity index (χ0v) is 18.4. The average molecular weight is 445 g/mol. The minimum absolute atomic E-state index is 0. The van der Waals surface area contributed by atoms with Gasteiger partial charge in [0.15, 0.2) is 0 Å². The molecule has 0 aromatic heterocycles. The molecule has 1 unspecified atom stereocenters. The largest absolute Gasteiger partial charge is 0.508 e. The molecule has 1 N–H and O–H groups in total. The molecule has 1 saturated carbocycles. The van der Waals surface area contributed by atoms with Crippen LogP contribution in [-0.2, 0) is 6.42 Å². The van der Waals surface area contributed by atoms with Crippen LogP contribution in [0.4, 0.5) is 0 Å². The number of halogens is 1. The van der Waals surface area contributed by atoms with Crippen molar-refractivity contribution in [3.8, 4) is 5.75 Å². The van der Waals surface area contributed by atoms with E-state index in [1.165, 1.54) is 50.8 Å². The predicted molar refractivity (Wildman–Crippen MR) is 121 cm³/mol. The molecule has 1 saturated heterocycles. The summed E-state index contributed by atoms with van der Waals surface area (Å²) in [7, 11) is 0. The molecule has 1 heterocycles. The van der Waals surface area contributed by atoms with E-state index >= 15 is 0 Å². The van der Waals surface area contributed by atoms with Gasteiger partial charge in [-0.25, -0.2) is 0 Å². The Morgan fingerprint density at radius 3 is 2.14 bits per heavy atom. The van der Waals surface area contributed by atoms with Gasteiger partial charge in [0, 0.05) is 38.3 Å². The Kier molecular flexibility index (Phi) is 7.95. The number of hydrogen-bond donors (Lipinski definition) is 1. The maximum Gasteiger partial charge on any atom is 0.118 e. The number of nitrogens with zero attached hydrogens (tertiary/aromatic N) is 2. The van der Waals surface area contributed by atoms with Crippen molar-refractivity contribution < 1.29 is 5.11 Å². The van der Waals surface area contributed by atoms with Gasteiger partial charge in [-0.2, -0.15) is 0 Å². The number of rotatable bonds is 5. The van der Waals surface area contributed by atoms with Gasteiger partial charge in [0.1, 0.15) is 5.75 Å². The lowest BCUT2D eigenvalue weighted by molar-refractivity contribution is 0.0558. The molecule has 1 atom stereocenters. The molecule has 2 aromatic rings. The maximum absolute atomic E-state index is 10.3. The van der Waals surface area contributed by atoms with Crippen LogP contribution in [0.15, 0.2) is 54.6 Å². The zero-order chi connectivity index (χ0) is 18.5. The van der Waals surface area contributed by atoms with Crippen LogP contribution in [0.1, 0.15) is 49.3 Å². The van der Waals surface area contributed by atoms with Crippen LogP contribution in [0.2, 0.25) is 0 Å². The predicted octanol–water partition coefficient (Wildman–Crippen LogP) is 5.20. The first kappa shape index (κ1) is 21.4. The normalized spacial score (nSPS) is 20.4. The summed E-state index contributed by atoms with van der Waals surface area (Å²) in [6, 6.07) is 19.7. The molecular formula is C24H33BrN2O. The molecule has 4 rings (SSSR count). The van der Waals surface area contributed by atoms with E-state index in [0.717, 1.165) is 31.1 Å². The third kappa shape index (κ3) is 5.16. The molecule has 0 spiro atoms. The van der Waals surface area contributed by atoms with E-state index in [-0.39, 0.29) is 17.0 Å². The standard InChI is InChI=1S/C24H32N2O.BrH/c27-24-14-8-7-11-21(24)19-23(20-9-3-1-4-10-20)26-17-15-25(16-18-26)22-12-5-2-6-13-22;/h1,3-4,7-11,14,22-23,27H,2,5-6,12-13,15-19H2;1H. The number of para-hydroxylation sites is 1. The van der Waals surface area contributed by atoms with Crippen molar-refractivity contribution in [3.63, 3.8) is 0 Å². The first-order valence-corrected chi connectivity index (χ1v) is 10.6. The molecule has 0 bridgehead atoms. The number of phenolic OH excluding ortho intramolecular Hbond substituents is 1. The second-order valence-corrected chi connectivity index (χ2v) is 8.12. The second kappa shape index (κ2) is 10.4. The third-order valence-corrected chi connectivity index (χ3v) is 6.47. The van der Waals surface area contributed by atoms with Crippen molar-refractivity contribution in [3.05, 3.63) is 65.7 Å². The van der Waals surface area contributed by atoms with Gasteiger partial charge in [-0.3, -0.25) is 9.80 Å². The Hall–Kier alpha value is -1.36. The van der Waals surface area contributed by atoms with Gasteiger partial charge in [0.05, 0.1) is 0 Å². The lowest BCUT2D eigenvalue weighted by Gasteiger charge is -2.43. The molecule has 1 aliphatic carbocycles. The van der Waals surface area contributed by atoms with E-state index in [4.69, 9.17) is 0 Å². The van der Waals surface area contributed by atoms with Gasteiger partial charge in [-0.1, -0.05) is 67.8 Å². The van der Waals surface area contributed by atoms with Crippen LogP contribution in [0.3, 0.4) is 0 Å². The van der Waals surface area contributed by atoms with Gasteiger partial charge in [0.25, 0.3) is 0 Å². The highest BCUT2D eigenvalue weighted by Gasteiger charge is 2.29. The van der Waals surface area contributed by atoms with Crippen molar-refractivity contribution in [2.24, 2.45) is 0 Å². The molecule has 3 nitrogen and oxygen atoms in total. The quantitative estimate of drug-likeness (QED) is 0.685. The lowest BCUT2D eigenvalue weighted by atomic mass is 9.93. The van der Waals surface area contributed by atoms with Crippen LogP contribution >= 0.6 is 17.0 Å². The van der Waals surface area contributed by atoms with Crippen molar-refractivity contribution in [1.82, 2.24) is 9.80 Å². The molecule has 2 aromatic carbocycles. The summed E-state index contributed by atoms with van der Waals surface area (Å²) in [5.41, 5.74) is 2.40. The van der Waals surface area contributed by atoms with E-state index in [1.54, 1.807) is 6.07 Å². The number of aromatic hydroxyl groups is 1. The minimum atomic E-state index is 0. The van der Waals surface area contributed by atoms with E-state index in [0.29, 0.717) is 11.8 Å². The number of piperazine rings is 1. The lowest BCUT2D eigenvalue weighted by Crippen LogP contribution is -2.51. The SMILES string of the molecule is Br.Oc1ccccc1CC(c1ccccc1)N1CCN(C2CCCCC2)CC1. The summed E-state index contributed by atoms with van der Waals surface area (Å²) in [6.45, 7) is 4.58. The summed E-state index contributed by atoms with van der Waals surface area (Å²) in [6.07, 6.45) is 7.88. The Labute approximate surface area is 180 Å². The van der Waals surface area contributed by atoms with E-state index in [9.17, 15) is 5.11 Å². The fourth-order valence-electron chi connectivity index (χ4n) is 4.89. The number of benzene rings is 2. The summed E-state index contributed by atoms with van der Waals surface area (Å²) in [4.78, 5) is 5.36. The van der Waals surface area contributed by atoms with Crippen LogP contribution in [0, 0.1) is 0 Å². The Bertz CT molecular complexity index is 710. The molecular weight excluding hydrogens is 412 g/mol. The van der Waals surface area contributed by atoms with Gasteiger partial charge in [-0.05, 0) is 36.5 Å². The average Bonchev–Trinajstić information content (AvgIpc) is 2.75. The molecule has 4 heteroatoms. The van der Waals surface area contributed by atoms with Gasteiger partial charge < -0.3 is 5.11 Å². The van der Waals surface area contributed by atoms with Gasteiger partial charge >= 0.3 is 0 Å². The highest BCUT2D eigenvalue weighted by molar-refractivity contribution is 8.93. The molecule has 1 aliphatic heterocycles. The first-order chi connectivity index (χ1) is 13.3. The van der Waals surface area contributed by atoms with Crippen molar-refractivity contribution in [2.45, 2.75) is 50.6 Å². The molecule has 152 valence electrons. The fourth-order valence-corrected chi connectivity index (χ4v) is 4.89. The highest BCUT2D eigenvalue weighted by atomic mass is 79.9. The molecule has 2 fully saturated rings. The summed E-state index contributed by atoms with van der Waals surface area (Å²) in [5.74, 6) is 0.416. The Morgan fingerprint density at radius 1 is 0.821 bits per heavy atom. The number of hydrogen-bond acceptors (Lipinski definition) is 3. The van der Waals surface area contributed by atoms with E-state index < -0.39 is 0 Å². The maximum atomic E-state index is 10.3. The highest BCUT2D eigenvalue weighted by Crippen LogP contribution is 2.31. The van der Waals surface area contributed by atoms with Gasteiger partial charge in [0.2, 0.25) is 0 Å². The van der Waals surface area contributed by atoms with Crippen molar-refractivity contribution in [2.75, 3.05) is 26.2 Å². The third-order valence-electron chi connectivity index (χ3n) is 6.47. The Balaban J connectivity index is 0.00000225. The first-order valence-electron chi connectivity index (χ1n) is 10.6. The topological polar surface area (TPSA) is 26.7 Å². The smallest absolute Gasteiger partial charge is 0.118 e. The van der Waals surface area contributed by atoms with E-state index in [2.05, 4.69) is 46.2 Å². The number of phenols is 1.